The van der Waals surface area contributed by atoms with E-state index < -0.39 is 22.9 Å². The molecule has 0 radical (unpaired) electrons. The zero-order valence-corrected chi connectivity index (χ0v) is 34.4. The predicted octanol–water partition coefficient (Wildman–Crippen LogP) is 10.1. The molecule has 296 valence electrons. The van der Waals surface area contributed by atoms with Gasteiger partial charge in [0.1, 0.15) is 16.8 Å². The lowest BCUT2D eigenvalue weighted by Gasteiger charge is -2.38. The molecule has 5 rings (SSSR count). The van der Waals surface area contributed by atoms with Gasteiger partial charge in [0.2, 0.25) is 0 Å². The highest BCUT2D eigenvalue weighted by Crippen LogP contribution is 2.39. The second-order valence-corrected chi connectivity index (χ2v) is 18.3. The third-order valence-corrected chi connectivity index (χ3v) is 10.2. The van der Waals surface area contributed by atoms with Crippen LogP contribution in [0.25, 0.3) is 10.9 Å². The van der Waals surface area contributed by atoms with Crippen molar-refractivity contribution >= 4 is 29.2 Å². The van der Waals surface area contributed by atoms with Gasteiger partial charge >= 0.3 is 18.3 Å². The minimum Gasteiger partial charge on any atom is -0.444 e. The smallest absolute Gasteiger partial charge is 0.410 e. The normalized spacial score (nSPS) is 19.3. The Labute approximate surface area is 322 Å². The number of piperidine rings is 1. The van der Waals surface area contributed by atoms with Crippen LogP contribution in [0.2, 0.25) is 0 Å². The average Bonchev–Trinajstić information content (AvgIpc) is 3.44. The average molecular weight is 745 g/mol. The zero-order chi connectivity index (χ0) is 39.4. The molecular formula is C44H64N4O6. The molecule has 2 heterocycles. The predicted molar refractivity (Wildman–Crippen MR) is 214 cm³/mol. The fourth-order valence-corrected chi connectivity index (χ4v) is 7.87. The standard InChI is InChI=1S/C44H64N4O6/c1-30-14-13-15-31(28-30)35(24-27-47(41(51)54-44(8,9)10)33-20-18-32(19-21-33)45-39(49)52-42(2,3)4)37-29-48(38-17-12-11-16-36(37)38)34-22-25-46(26-23-34)40(50)53-43(5,6)7/h11-17,28-29,32-35H,18-27H2,1-10H3,(H,45,49). The largest absolute Gasteiger partial charge is 0.444 e. The summed E-state index contributed by atoms with van der Waals surface area (Å²) in [5, 5.41) is 4.24. The number of carbonyl (C=O) groups is 3. The first kappa shape index (κ1) is 41.0. The molecule has 54 heavy (non-hydrogen) atoms. The van der Waals surface area contributed by atoms with E-state index in [9.17, 15) is 14.4 Å². The monoisotopic (exact) mass is 744 g/mol. The second-order valence-electron chi connectivity index (χ2n) is 18.3. The molecule has 3 aromatic rings. The number of hydrogen-bond donors (Lipinski definition) is 1. The highest BCUT2D eigenvalue weighted by Gasteiger charge is 2.35. The van der Waals surface area contributed by atoms with E-state index in [2.05, 4.69) is 71.5 Å². The Kier molecular flexibility index (Phi) is 12.6. The van der Waals surface area contributed by atoms with Gasteiger partial charge in [0, 0.05) is 60.8 Å². The van der Waals surface area contributed by atoms with Crippen LogP contribution in [0.4, 0.5) is 14.4 Å². The van der Waals surface area contributed by atoms with Crippen LogP contribution in [0, 0.1) is 6.92 Å². The second kappa shape index (κ2) is 16.7. The highest BCUT2D eigenvalue weighted by atomic mass is 16.6. The van der Waals surface area contributed by atoms with Gasteiger partial charge in [0.25, 0.3) is 0 Å². The lowest BCUT2D eigenvalue weighted by atomic mass is 9.86. The molecular weight excluding hydrogens is 681 g/mol. The van der Waals surface area contributed by atoms with E-state index in [-0.39, 0.29) is 36.2 Å². The first-order valence-corrected chi connectivity index (χ1v) is 19.9. The van der Waals surface area contributed by atoms with Crippen LogP contribution in [0.3, 0.4) is 0 Å². The Hall–Kier alpha value is -4.21. The van der Waals surface area contributed by atoms with Crippen LogP contribution in [0.5, 0.6) is 0 Å². The van der Waals surface area contributed by atoms with E-state index in [1.807, 2.05) is 72.1 Å². The van der Waals surface area contributed by atoms with Crippen molar-refractivity contribution in [3.8, 4) is 0 Å². The third-order valence-electron chi connectivity index (χ3n) is 10.2. The molecule has 1 aliphatic carbocycles. The number of carbonyl (C=O) groups excluding carboxylic acids is 3. The number of amides is 3. The summed E-state index contributed by atoms with van der Waals surface area (Å²) in [5.74, 6) is 0.0213. The minimum atomic E-state index is -0.632. The van der Waals surface area contributed by atoms with Crippen LogP contribution in [0.1, 0.15) is 136 Å². The number of nitrogens with zero attached hydrogens (tertiary/aromatic N) is 3. The Morgan fingerprint density at radius 2 is 1.43 bits per heavy atom. The Bertz CT molecular complexity index is 1750. The molecule has 1 atom stereocenters. The van der Waals surface area contributed by atoms with E-state index in [0.29, 0.717) is 26.1 Å². The van der Waals surface area contributed by atoms with E-state index in [1.165, 1.54) is 27.6 Å². The van der Waals surface area contributed by atoms with Crippen molar-refractivity contribution in [3.05, 3.63) is 71.4 Å². The number of nitrogens with one attached hydrogen (secondary N) is 1. The lowest BCUT2D eigenvalue weighted by molar-refractivity contribution is 0.00962. The van der Waals surface area contributed by atoms with Crippen LogP contribution >= 0.6 is 0 Å². The first-order chi connectivity index (χ1) is 25.3. The van der Waals surface area contributed by atoms with E-state index in [1.54, 1.807) is 0 Å². The summed E-state index contributed by atoms with van der Waals surface area (Å²) in [5.41, 5.74) is 3.10. The lowest BCUT2D eigenvalue weighted by Crippen LogP contribution is -2.48. The van der Waals surface area contributed by atoms with Gasteiger partial charge in [-0.15, -0.1) is 0 Å². The first-order valence-electron chi connectivity index (χ1n) is 19.9. The van der Waals surface area contributed by atoms with Gasteiger partial charge in [-0.1, -0.05) is 48.0 Å². The van der Waals surface area contributed by atoms with Crippen molar-refractivity contribution in [2.45, 2.75) is 155 Å². The molecule has 1 aliphatic heterocycles. The molecule has 2 aliphatic rings. The van der Waals surface area contributed by atoms with Crippen molar-refractivity contribution in [3.63, 3.8) is 0 Å². The van der Waals surface area contributed by atoms with Crippen molar-refractivity contribution in [1.82, 2.24) is 19.7 Å². The Balaban J connectivity index is 1.40. The number of hydrogen-bond acceptors (Lipinski definition) is 6. The number of ether oxygens (including phenoxy) is 3. The molecule has 2 aromatic carbocycles. The van der Waals surface area contributed by atoms with Crippen LogP contribution in [-0.4, -0.2) is 81.2 Å². The zero-order valence-electron chi connectivity index (χ0n) is 34.4. The van der Waals surface area contributed by atoms with Crippen molar-refractivity contribution in [2.75, 3.05) is 19.6 Å². The molecule has 0 spiro atoms. The molecule has 10 heteroatoms. The van der Waals surface area contributed by atoms with Crippen LogP contribution in [-0.2, 0) is 14.2 Å². The quantitative estimate of drug-likeness (QED) is 0.231. The molecule has 3 amide bonds. The molecule has 1 saturated carbocycles. The van der Waals surface area contributed by atoms with E-state index >= 15 is 0 Å². The maximum absolute atomic E-state index is 14.0. The highest BCUT2D eigenvalue weighted by molar-refractivity contribution is 5.85. The molecule has 1 N–H and O–H groups in total. The van der Waals surface area contributed by atoms with Gasteiger partial charge in [-0.2, -0.15) is 0 Å². The Morgan fingerprint density at radius 1 is 0.796 bits per heavy atom. The van der Waals surface area contributed by atoms with Gasteiger partial charge in [-0.3, -0.25) is 0 Å². The molecule has 1 aromatic heterocycles. The topological polar surface area (TPSA) is 102 Å². The number of aromatic nitrogens is 1. The number of alkyl carbamates (subject to hydrolysis) is 1. The van der Waals surface area contributed by atoms with E-state index in [4.69, 9.17) is 14.2 Å². The van der Waals surface area contributed by atoms with Gasteiger partial charge in [-0.25, -0.2) is 14.4 Å². The number of benzene rings is 2. The van der Waals surface area contributed by atoms with Crippen molar-refractivity contribution in [2.24, 2.45) is 0 Å². The summed E-state index contributed by atoms with van der Waals surface area (Å²) in [7, 11) is 0. The summed E-state index contributed by atoms with van der Waals surface area (Å²) < 4.78 is 19.6. The fraction of sp³-hybridized carbons (Fsp3) is 0.614. The molecule has 10 nitrogen and oxygen atoms in total. The van der Waals surface area contributed by atoms with Crippen molar-refractivity contribution in [1.29, 1.82) is 0 Å². The number of aryl methyl sites for hydroxylation is 1. The number of para-hydroxylation sites is 1. The maximum atomic E-state index is 14.0. The van der Waals surface area contributed by atoms with E-state index in [0.717, 1.165) is 38.5 Å². The summed E-state index contributed by atoms with van der Waals surface area (Å²) in [6.45, 7) is 21.0. The van der Waals surface area contributed by atoms with Gasteiger partial charge in [-0.05, 0) is 131 Å². The number of likely N-dealkylation sites (tertiary alicyclic amines) is 1. The van der Waals surface area contributed by atoms with Crippen LogP contribution < -0.4 is 5.32 Å². The van der Waals surface area contributed by atoms with Gasteiger partial charge in [0.05, 0.1) is 0 Å². The third kappa shape index (κ3) is 11.2. The van der Waals surface area contributed by atoms with Crippen LogP contribution in [0.15, 0.2) is 54.7 Å². The summed E-state index contributed by atoms with van der Waals surface area (Å²) in [6.07, 6.45) is 6.80. The fourth-order valence-electron chi connectivity index (χ4n) is 7.87. The molecule has 1 unspecified atom stereocenters. The summed E-state index contributed by atoms with van der Waals surface area (Å²) >= 11 is 0. The van der Waals surface area contributed by atoms with Gasteiger partial charge in [0.15, 0.2) is 0 Å². The number of rotatable bonds is 8. The molecule has 1 saturated heterocycles. The molecule has 0 bridgehead atoms. The SMILES string of the molecule is Cc1cccc(C(CCN(C(=O)OC(C)(C)C)C2CCC(NC(=O)OC(C)(C)C)CC2)c2cn(C3CCN(C(=O)OC(C)(C)C)CC3)c3ccccc23)c1. The summed E-state index contributed by atoms with van der Waals surface area (Å²) in [4.78, 5) is 43.1. The van der Waals surface area contributed by atoms with Crippen molar-refractivity contribution < 1.29 is 28.6 Å². The Morgan fingerprint density at radius 3 is 2.04 bits per heavy atom. The number of fused-ring (bicyclic) bond motifs is 1. The van der Waals surface area contributed by atoms with Gasteiger partial charge < -0.3 is 33.9 Å². The molecule has 2 fully saturated rings. The summed E-state index contributed by atoms with van der Waals surface area (Å²) in [6, 6.07) is 17.5. The minimum absolute atomic E-state index is 0.00115. The maximum Gasteiger partial charge on any atom is 0.410 e.